The van der Waals surface area contributed by atoms with Crippen LogP contribution in [0.3, 0.4) is 0 Å². The highest BCUT2D eigenvalue weighted by Crippen LogP contribution is 2.24. The average molecular weight is 461 g/mol. The third-order valence-corrected chi connectivity index (χ3v) is 5.26. The summed E-state index contributed by atoms with van der Waals surface area (Å²) in [5.41, 5.74) is 0.935. The molecule has 1 aromatic carbocycles. The van der Waals surface area contributed by atoms with Crippen LogP contribution in [0.5, 0.6) is 5.75 Å². The normalized spacial score (nSPS) is 12.5. The van der Waals surface area contributed by atoms with Crippen molar-refractivity contribution >= 4 is 18.1 Å². The van der Waals surface area contributed by atoms with Gasteiger partial charge in [-0.15, -0.1) is 0 Å². The van der Waals surface area contributed by atoms with Gasteiger partial charge in [0.1, 0.15) is 11.6 Å². The molecule has 2 unspecified atom stereocenters. The zero-order valence-corrected chi connectivity index (χ0v) is 19.6. The highest BCUT2D eigenvalue weighted by molar-refractivity contribution is 5.73. The van der Waals surface area contributed by atoms with Crippen molar-refractivity contribution in [2.24, 2.45) is 18.9 Å². The van der Waals surface area contributed by atoms with Crippen LogP contribution in [0, 0.1) is 11.8 Å². The molecule has 33 heavy (non-hydrogen) atoms. The number of carbonyl (C=O) groups excluding carboxylic acids is 3. The lowest BCUT2D eigenvalue weighted by Gasteiger charge is -2.24. The minimum atomic E-state index is -0.975. The van der Waals surface area contributed by atoms with Crippen LogP contribution in [0.25, 0.3) is 0 Å². The molecule has 0 aliphatic heterocycles. The molecule has 0 N–H and O–H groups in total. The number of nitrogens with zero attached hydrogens (tertiary/aromatic N) is 2. The van der Waals surface area contributed by atoms with Crippen molar-refractivity contribution in [2.45, 2.75) is 46.5 Å². The van der Waals surface area contributed by atoms with Gasteiger partial charge in [-0.05, 0) is 31.4 Å². The van der Waals surface area contributed by atoms with Gasteiger partial charge in [0.25, 0.3) is 0 Å². The van der Waals surface area contributed by atoms with E-state index in [1.807, 2.05) is 18.5 Å². The van der Waals surface area contributed by atoms with Crippen molar-refractivity contribution in [1.29, 1.82) is 0 Å². The number of hydrogen-bond acceptors (Lipinski definition) is 8. The van der Waals surface area contributed by atoms with E-state index in [-0.39, 0.29) is 12.5 Å². The maximum Gasteiger partial charge on any atom is 0.516 e. The van der Waals surface area contributed by atoms with Crippen LogP contribution in [0.1, 0.15) is 45.1 Å². The Morgan fingerprint density at radius 3 is 2.42 bits per heavy atom. The maximum absolute atomic E-state index is 12.8. The highest BCUT2D eigenvalue weighted by Gasteiger charge is 2.30. The van der Waals surface area contributed by atoms with Crippen LogP contribution >= 0.6 is 0 Å². The molecule has 9 heteroatoms. The number of rotatable bonds is 12. The summed E-state index contributed by atoms with van der Waals surface area (Å²) < 4.78 is 22.3. The zero-order valence-electron chi connectivity index (χ0n) is 19.6. The fraction of sp³-hybridized carbons (Fsp3) is 0.500. The van der Waals surface area contributed by atoms with E-state index in [4.69, 9.17) is 18.9 Å². The molecule has 2 atom stereocenters. The van der Waals surface area contributed by atoms with Crippen LogP contribution < -0.4 is 4.74 Å². The second kappa shape index (κ2) is 13.2. The molecule has 180 valence electrons. The lowest BCUT2D eigenvalue weighted by molar-refractivity contribution is -0.162. The summed E-state index contributed by atoms with van der Waals surface area (Å²) in [5.74, 6) is -0.583. The summed E-state index contributed by atoms with van der Waals surface area (Å²) in [6, 6.07) is 8.42. The Hall–Kier alpha value is -3.36. The molecule has 0 saturated carbocycles. The number of hydrogen-bond donors (Lipinski definition) is 0. The number of ether oxygens (including phenoxy) is 4. The lowest BCUT2D eigenvalue weighted by atomic mass is 9.87. The quantitative estimate of drug-likeness (QED) is 0.267. The third-order valence-electron chi connectivity index (χ3n) is 5.26. The lowest BCUT2D eigenvalue weighted by Crippen LogP contribution is -2.32. The molecule has 0 saturated heterocycles. The van der Waals surface area contributed by atoms with Gasteiger partial charge in [0, 0.05) is 38.2 Å². The molecule has 1 aromatic heterocycles. The first-order valence-corrected chi connectivity index (χ1v) is 11.0. The predicted molar refractivity (Wildman–Crippen MR) is 119 cm³/mol. The van der Waals surface area contributed by atoms with Gasteiger partial charge in [-0.25, -0.2) is 9.78 Å². The fourth-order valence-corrected chi connectivity index (χ4v) is 3.49. The van der Waals surface area contributed by atoms with Crippen molar-refractivity contribution in [2.75, 3.05) is 13.4 Å². The van der Waals surface area contributed by atoms with Gasteiger partial charge >= 0.3 is 18.1 Å². The molecular weight excluding hydrogens is 428 g/mol. The first kappa shape index (κ1) is 25.9. The second-order valence-corrected chi connectivity index (χ2v) is 7.65. The van der Waals surface area contributed by atoms with E-state index >= 15 is 0 Å². The second-order valence-electron chi connectivity index (χ2n) is 7.65. The minimum Gasteiger partial charge on any atom is -0.466 e. The highest BCUT2D eigenvalue weighted by atomic mass is 16.8. The van der Waals surface area contributed by atoms with Crippen LogP contribution in [0.4, 0.5) is 4.79 Å². The minimum absolute atomic E-state index is 0.0636. The molecule has 0 aliphatic carbocycles. The van der Waals surface area contributed by atoms with Gasteiger partial charge in [-0.2, -0.15) is 0 Å². The largest absolute Gasteiger partial charge is 0.516 e. The molecule has 2 rings (SSSR count). The molecule has 0 fully saturated rings. The summed E-state index contributed by atoms with van der Waals surface area (Å²) in [5, 5.41) is 0. The molecule has 2 aromatic rings. The van der Waals surface area contributed by atoms with E-state index in [9.17, 15) is 14.4 Å². The van der Waals surface area contributed by atoms with Crippen molar-refractivity contribution in [3.8, 4) is 5.75 Å². The molecule has 1 heterocycles. The predicted octanol–water partition coefficient (Wildman–Crippen LogP) is 3.84. The van der Waals surface area contributed by atoms with Gasteiger partial charge in [0.05, 0.1) is 12.5 Å². The Labute approximate surface area is 194 Å². The van der Waals surface area contributed by atoms with Crippen LogP contribution in [-0.4, -0.2) is 41.0 Å². The fourth-order valence-electron chi connectivity index (χ4n) is 3.49. The van der Waals surface area contributed by atoms with Crippen molar-refractivity contribution < 1.29 is 33.3 Å². The van der Waals surface area contributed by atoms with E-state index in [0.717, 1.165) is 24.4 Å². The van der Waals surface area contributed by atoms with Gasteiger partial charge in [0.15, 0.2) is 0 Å². The Kier molecular flexibility index (Phi) is 10.4. The van der Waals surface area contributed by atoms with E-state index in [1.54, 1.807) is 36.5 Å². The Morgan fingerprint density at radius 1 is 1.06 bits per heavy atom. The van der Waals surface area contributed by atoms with E-state index in [0.29, 0.717) is 18.6 Å². The number of esters is 2. The Morgan fingerprint density at radius 2 is 1.79 bits per heavy atom. The first-order chi connectivity index (χ1) is 15.8. The topological polar surface area (TPSA) is 106 Å². The zero-order chi connectivity index (χ0) is 24.2. The van der Waals surface area contributed by atoms with Gasteiger partial charge < -0.3 is 23.5 Å². The molecule has 9 nitrogen and oxygen atoms in total. The van der Waals surface area contributed by atoms with Crippen molar-refractivity contribution in [3.05, 3.63) is 48.0 Å². The van der Waals surface area contributed by atoms with Crippen molar-refractivity contribution in [3.63, 3.8) is 0 Å². The molecule has 0 amide bonds. The van der Waals surface area contributed by atoms with E-state index in [2.05, 4.69) is 11.9 Å². The van der Waals surface area contributed by atoms with Gasteiger partial charge in [0.2, 0.25) is 6.79 Å². The Bertz CT molecular complexity index is 911. The molecule has 0 spiro atoms. The van der Waals surface area contributed by atoms with Gasteiger partial charge in [-0.1, -0.05) is 32.0 Å². The number of benzene rings is 1. The summed E-state index contributed by atoms with van der Waals surface area (Å²) in [7, 11) is 1.93. The number of carbonyl (C=O) groups is 3. The van der Waals surface area contributed by atoms with E-state index < -0.39 is 30.8 Å². The number of aromatic nitrogens is 2. The van der Waals surface area contributed by atoms with Crippen LogP contribution in [0.15, 0.2) is 36.5 Å². The number of aryl methyl sites for hydroxylation is 1. The average Bonchev–Trinajstić information content (AvgIpc) is 3.12. The standard InChI is InChI=1S/C24H32N2O7/c1-5-10-22-25-14-19(26(22)4)13-18(15-30-17(3)27)21(6-2)23(28)31-16-32-24(29)33-20-11-8-7-9-12-20/h7-9,11-12,14,18,21H,5-6,10,13,15-16H2,1-4H3. The summed E-state index contributed by atoms with van der Waals surface area (Å²) in [6.45, 7) is 4.75. The molecule has 0 bridgehead atoms. The van der Waals surface area contributed by atoms with Crippen LogP contribution in [0.2, 0.25) is 0 Å². The first-order valence-electron chi connectivity index (χ1n) is 11.0. The van der Waals surface area contributed by atoms with Gasteiger partial charge in [-0.3, -0.25) is 9.59 Å². The van der Waals surface area contributed by atoms with Crippen molar-refractivity contribution in [1.82, 2.24) is 9.55 Å². The summed E-state index contributed by atoms with van der Waals surface area (Å²) in [4.78, 5) is 40.4. The summed E-state index contributed by atoms with van der Waals surface area (Å²) >= 11 is 0. The third kappa shape index (κ3) is 8.25. The van der Waals surface area contributed by atoms with Crippen LogP contribution in [-0.2, 0) is 43.7 Å². The summed E-state index contributed by atoms with van der Waals surface area (Å²) in [6.07, 6.45) is 3.56. The molecular formula is C24H32N2O7. The SMILES string of the molecule is CCCc1ncc(CC(COC(C)=O)C(CC)C(=O)OCOC(=O)Oc2ccccc2)n1C. The Balaban J connectivity index is 1.98. The molecule has 0 radical (unpaired) electrons. The maximum atomic E-state index is 12.8. The van der Waals surface area contributed by atoms with E-state index in [1.165, 1.54) is 6.92 Å². The monoisotopic (exact) mass is 460 g/mol. The number of para-hydroxylation sites is 1. The smallest absolute Gasteiger partial charge is 0.466 e. The number of imidazole rings is 1. The molecule has 0 aliphatic rings.